The van der Waals surface area contributed by atoms with Crippen LogP contribution in [0.5, 0.6) is 11.5 Å². The van der Waals surface area contributed by atoms with Crippen LogP contribution in [0, 0.1) is 17.0 Å². The summed E-state index contributed by atoms with van der Waals surface area (Å²) in [4.78, 5) is 42.3. The van der Waals surface area contributed by atoms with Crippen LogP contribution in [0.3, 0.4) is 0 Å². The number of rotatable bonds is 10. The Balaban J connectivity index is 1.97. The zero-order valence-electron chi connectivity index (χ0n) is 24.6. The van der Waals surface area contributed by atoms with Gasteiger partial charge in [-0.3, -0.25) is 14.9 Å². The quantitative estimate of drug-likeness (QED) is 0.0834. The summed E-state index contributed by atoms with van der Waals surface area (Å²) >= 11 is 3.30. The Morgan fingerprint density at radius 3 is 2.56 bits per heavy atom. The van der Waals surface area contributed by atoms with Crippen LogP contribution < -0.4 is 15.0 Å². The van der Waals surface area contributed by atoms with Gasteiger partial charge in [-0.15, -0.1) is 0 Å². The van der Waals surface area contributed by atoms with Gasteiger partial charge < -0.3 is 14.2 Å². The molecule has 3 aromatic carbocycles. The number of aromatic nitrogens is 2. The normalized spacial score (nSPS) is 12.1. The Kier molecular flexibility index (Phi) is 9.59. The van der Waals surface area contributed by atoms with Crippen molar-refractivity contribution in [2.24, 2.45) is 5.10 Å². The molecule has 0 radical (unpaired) electrons. The van der Waals surface area contributed by atoms with E-state index in [4.69, 9.17) is 19.2 Å². The number of ether oxygens (including phenoxy) is 3. The smallest absolute Gasteiger partial charge is 0.347 e. The van der Waals surface area contributed by atoms with Crippen LogP contribution in [0.4, 0.5) is 5.69 Å². The molecule has 0 aliphatic heterocycles. The zero-order chi connectivity index (χ0) is 31.4. The maximum atomic E-state index is 13.8. The van der Waals surface area contributed by atoms with Crippen molar-refractivity contribution in [3.05, 3.63) is 90.2 Å². The van der Waals surface area contributed by atoms with Crippen LogP contribution in [0.25, 0.3) is 22.3 Å². The molecule has 1 aromatic heterocycles. The van der Waals surface area contributed by atoms with E-state index in [1.165, 1.54) is 19.2 Å². The first kappa shape index (κ1) is 31.4. The fraction of sp³-hybridized carbons (Fsp3) is 0.290. The van der Waals surface area contributed by atoms with Crippen LogP contribution in [0.1, 0.15) is 50.3 Å². The molecular weight excluding hydrogens is 620 g/mol. The van der Waals surface area contributed by atoms with E-state index < -0.39 is 28.2 Å². The van der Waals surface area contributed by atoms with Crippen LogP contribution in [0.15, 0.2) is 62.9 Å². The standard InChI is InChI=1S/C31H31BrN4O7/c1-7-42-31(38)19(5)43-28-20(13-21(32)14-26(28)36(39)40)16-33-35-29(34-25-11-9-8-10-22(25)30(35)37)24-15-23(17(2)3)27(41-6)12-18(24)4/h8-17,19H,7H2,1-6H3/t19-/m0/s1. The number of carbonyl (C=O) groups excluding carboxylic acids is 1. The van der Waals surface area contributed by atoms with E-state index in [1.807, 2.05) is 32.9 Å². The van der Waals surface area contributed by atoms with Crippen molar-refractivity contribution in [3.8, 4) is 22.9 Å². The molecule has 0 saturated heterocycles. The SMILES string of the molecule is CCOC(=O)[C@H](C)Oc1c(C=Nn2c(-c3cc(C(C)C)c(OC)cc3C)nc3ccccc3c2=O)cc(Br)cc1[N+](=O)[O-]. The Labute approximate surface area is 256 Å². The number of hydrogen-bond acceptors (Lipinski definition) is 9. The minimum Gasteiger partial charge on any atom is -0.496 e. The first-order valence-corrected chi connectivity index (χ1v) is 14.3. The van der Waals surface area contributed by atoms with Crippen molar-refractivity contribution in [1.29, 1.82) is 0 Å². The van der Waals surface area contributed by atoms with Crippen molar-refractivity contribution in [1.82, 2.24) is 9.66 Å². The summed E-state index contributed by atoms with van der Waals surface area (Å²) < 4.78 is 17.9. The number of hydrogen-bond donors (Lipinski definition) is 0. The molecule has 0 fully saturated rings. The molecule has 1 heterocycles. The molecule has 11 nitrogen and oxygen atoms in total. The van der Waals surface area contributed by atoms with E-state index in [0.717, 1.165) is 15.8 Å². The largest absolute Gasteiger partial charge is 0.496 e. The highest BCUT2D eigenvalue weighted by molar-refractivity contribution is 9.10. The van der Waals surface area contributed by atoms with Gasteiger partial charge in [-0.05, 0) is 68.1 Å². The minimum atomic E-state index is -1.15. The van der Waals surface area contributed by atoms with E-state index in [1.54, 1.807) is 44.4 Å². The van der Waals surface area contributed by atoms with Crippen molar-refractivity contribution < 1.29 is 23.9 Å². The van der Waals surface area contributed by atoms with Crippen molar-refractivity contribution in [2.45, 2.75) is 46.6 Å². The molecule has 0 spiro atoms. The van der Waals surface area contributed by atoms with Gasteiger partial charge in [0.2, 0.25) is 5.75 Å². The third-order valence-corrected chi connectivity index (χ3v) is 7.14. The van der Waals surface area contributed by atoms with E-state index in [9.17, 15) is 19.7 Å². The van der Waals surface area contributed by atoms with Crippen molar-refractivity contribution in [3.63, 3.8) is 0 Å². The lowest BCUT2D eigenvalue weighted by Crippen LogP contribution is -2.27. The lowest BCUT2D eigenvalue weighted by Gasteiger charge is -2.18. The number of aryl methyl sites for hydroxylation is 1. The Morgan fingerprint density at radius 2 is 1.91 bits per heavy atom. The topological polar surface area (TPSA) is 135 Å². The third-order valence-electron chi connectivity index (χ3n) is 6.68. The monoisotopic (exact) mass is 650 g/mol. The second-order valence-corrected chi connectivity index (χ2v) is 10.9. The number of fused-ring (bicyclic) bond motifs is 1. The molecule has 0 amide bonds. The summed E-state index contributed by atoms with van der Waals surface area (Å²) in [7, 11) is 1.61. The summed E-state index contributed by atoms with van der Waals surface area (Å²) in [6.45, 7) is 9.15. The Bertz CT molecular complexity index is 1800. The highest BCUT2D eigenvalue weighted by Crippen LogP contribution is 2.36. The predicted octanol–water partition coefficient (Wildman–Crippen LogP) is 6.39. The molecule has 0 saturated carbocycles. The first-order valence-electron chi connectivity index (χ1n) is 13.5. The number of methoxy groups -OCH3 is 1. The number of nitrogens with zero attached hydrogens (tertiary/aromatic N) is 4. The molecule has 4 aromatic rings. The third kappa shape index (κ3) is 6.59. The van der Waals surface area contributed by atoms with Gasteiger partial charge in [-0.2, -0.15) is 9.78 Å². The molecular formula is C31H31BrN4O7. The molecule has 4 rings (SSSR count). The lowest BCUT2D eigenvalue weighted by molar-refractivity contribution is -0.386. The van der Waals surface area contributed by atoms with Crippen LogP contribution in [0.2, 0.25) is 0 Å². The molecule has 0 unspecified atom stereocenters. The second-order valence-electron chi connectivity index (χ2n) is 9.99. The number of benzene rings is 3. The van der Waals surface area contributed by atoms with Gasteiger partial charge in [0.05, 0.1) is 35.8 Å². The highest BCUT2D eigenvalue weighted by Gasteiger charge is 2.26. The lowest BCUT2D eigenvalue weighted by atomic mass is 9.96. The summed E-state index contributed by atoms with van der Waals surface area (Å²) in [6, 6.07) is 13.5. The average Bonchev–Trinajstić information content (AvgIpc) is 2.97. The molecule has 0 N–H and O–H groups in total. The molecule has 12 heteroatoms. The molecule has 0 aliphatic carbocycles. The van der Waals surface area contributed by atoms with E-state index >= 15 is 0 Å². The fourth-order valence-electron chi connectivity index (χ4n) is 4.54. The summed E-state index contributed by atoms with van der Waals surface area (Å²) in [5.41, 5.74) is 2.19. The molecule has 0 bridgehead atoms. The van der Waals surface area contributed by atoms with Crippen molar-refractivity contribution >= 4 is 44.7 Å². The first-order chi connectivity index (χ1) is 20.5. The summed E-state index contributed by atoms with van der Waals surface area (Å²) in [5, 5.41) is 16.8. The van der Waals surface area contributed by atoms with Gasteiger partial charge in [0.1, 0.15) is 5.75 Å². The predicted molar refractivity (Wildman–Crippen MR) is 167 cm³/mol. The summed E-state index contributed by atoms with van der Waals surface area (Å²) in [6.07, 6.45) is 0.123. The maximum Gasteiger partial charge on any atom is 0.347 e. The maximum absolute atomic E-state index is 13.8. The zero-order valence-corrected chi connectivity index (χ0v) is 26.2. The molecule has 43 heavy (non-hydrogen) atoms. The van der Waals surface area contributed by atoms with Gasteiger partial charge in [-0.1, -0.05) is 41.9 Å². The van der Waals surface area contributed by atoms with Gasteiger partial charge in [-0.25, -0.2) is 9.78 Å². The average molecular weight is 652 g/mol. The van der Waals surface area contributed by atoms with Crippen LogP contribution in [-0.2, 0) is 9.53 Å². The number of halogens is 1. The molecule has 1 atom stereocenters. The second kappa shape index (κ2) is 13.2. The fourth-order valence-corrected chi connectivity index (χ4v) is 5.00. The van der Waals surface area contributed by atoms with E-state index in [0.29, 0.717) is 26.7 Å². The van der Waals surface area contributed by atoms with Crippen LogP contribution >= 0.6 is 15.9 Å². The van der Waals surface area contributed by atoms with Gasteiger partial charge in [0, 0.05) is 21.7 Å². The van der Waals surface area contributed by atoms with E-state index in [-0.39, 0.29) is 29.7 Å². The van der Waals surface area contributed by atoms with Gasteiger partial charge >= 0.3 is 11.7 Å². The van der Waals surface area contributed by atoms with Crippen LogP contribution in [-0.4, -0.2) is 46.6 Å². The van der Waals surface area contributed by atoms with Gasteiger partial charge in [0.25, 0.3) is 5.56 Å². The number of esters is 1. The minimum absolute atomic E-state index is 0.113. The molecule has 0 aliphatic rings. The summed E-state index contributed by atoms with van der Waals surface area (Å²) in [5.74, 6) is 0.211. The Hall–Kier alpha value is -4.58. The number of carbonyl (C=O) groups is 1. The van der Waals surface area contributed by atoms with E-state index in [2.05, 4.69) is 21.0 Å². The Morgan fingerprint density at radius 1 is 1.19 bits per heavy atom. The van der Waals surface area contributed by atoms with Gasteiger partial charge in [0.15, 0.2) is 11.9 Å². The number of para-hydroxylation sites is 1. The van der Waals surface area contributed by atoms with Crippen molar-refractivity contribution in [2.75, 3.05) is 13.7 Å². The number of nitro groups is 1. The molecule has 224 valence electrons. The number of nitro benzene ring substituents is 1. The highest BCUT2D eigenvalue weighted by atomic mass is 79.9.